The lowest BCUT2D eigenvalue weighted by atomic mass is 10.2. The number of carbonyl (C=O) groups is 2. The third kappa shape index (κ3) is 6.63. The van der Waals surface area contributed by atoms with Gasteiger partial charge in [0.1, 0.15) is 11.5 Å². The van der Waals surface area contributed by atoms with Crippen molar-refractivity contribution in [2.75, 3.05) is 17.2 Å². The number of hydrogen-bond acceptors (Lipinski definition) is 4. The first kappa shape index (κ1) is 23.9. The number of esters is 1. The van der Waals surface area contributed by atoms with Gasteiger partial charge in [-0.2, -0.15) is 13.2 Å². The van der Waals surface area contributed by atoms with E-state index in [9.17, 15) is 22.8 Å². The summed E-state index contributed by atoms with van der Waals surface area (Å²) < 4.78 is 49.4. The van der Waals surface area contributed by atoms with E-state index in [1.165, 1.54) is 6.07 Å². The monoisotopic (exact) mass is 478 g/mol. The largest absolute Gasteiger partial charge is 0.462 e. The Morgan fingerprint density at radius 2 is 1.42 bits per heavy atom. The molecule has 0 radical (unpaired) electrons. The number of amides is 2. The molecule has 33 heavy (non-hydrogen) atoms. The quantitative estimate of drug-likeness (QED) is 0.375. The van der Waals surface area contributed by atoms with E-state index in [1.54, 1.807) is 55.5 Å². The third-order valence-electron chi connectivity index (χ3n) is 4.24. The Morgan fingerprint density at radius 3 is 2.00 bits per heavy atom. The van der Waals surface area contributed by atoms with Crippen LogP contribution in [0.3, 0.4) is 0 Å². The average molecular weight is 479 g/mol. The summed E-state index contributed by atoms with van der Waals surface area (Å²) in [4.78, 5) is 23.8. The predicted octanol–water partition coefficient (Wildman–Crippen LogP) is 6.97. The van der Waals surface area contributed by atoms with Crippen LogP contribution in [0.25, 0.3) is 0 Å². The zero-order valence-electron chi connectivity index (χ0n) is 17.2. The molecule has 3 aromatic rings. The standard InChI is InChI=1S/C23H18ClF3N2O4/c1-2-32-21(30)14-3-8-17(9-4-14)33-18-10-5-15(6-11-18)28-22(31)29-16-7-12-20(24)19(13-16)23(25,26)27/h3-13H,2H2,1H3,(H2,28,29,31). The van der Waals surface area contributed by atoms with Crippen molar-refractivity contribution < 1.29 is 32.2 Å². The lowest BCUT2D eigenvalue weighted by molar-refractivity contribution is -0.137. The Balaban J connectivity index is 1.58. The second kappa shape index (κ2) is 10.3. The molecule has 0 bridgehead atoms. The van der Waals surface area contributed by atoms with E-state index in [-0.39, 0.29) is 12.3 Å². The Bertz CT molecular complexity index is 1130. The number of halogens is 4. The SMILES string of the molecule is CCOC(=O)c1ccc(Oc2ccc(NC(=O)Nc3ccc(Cl)c(C(F)(F)F)c3)cc2)cc1. The van der Waals surface area contributed by atoms with Gasteiger partial charge in [-0.15, -0.1) is 0 Å². The van der Waals surface area contributed by atoms with Gasteiger partial charge < -0.3 is 20.1 Å². The number of alkyl halides is 3. The van der Waals surface area contributed by atoms with E-state index in [0.29, 0.717) is 22.7 Å². The summed E-state index contributed by atoms with van der Waals surface area (Å²) in [6, 6.07) is 15.1. The maximum Gasteiger partial charge on any atom is 0.417 e. The fourth-order valence-electron chi connectivity index (χ4n) is 2.73. The van der Waals surface area contributed by atoms with Crippen molar-refractivity contribution in [3.63, 3.8) is 0 Å². The van der Waals surface area contributed by atoms with Crippen molar-refractivity contribution in [1.82, 2.24) is 0 Å². The molecule has 3 aromatic carbocycles. The van der Waals surface area contributed by atoms with Gasteiger partial charge in [0.15, 0.2) is 0 Å². The van der Waals surface area contributed by atoms with Crippen LogP contribution in [0.2, 0.25) is 5.02 Å². The summed E-state index contributed by atoms with van der Waals surface area (Å²) in [5.74, 6) is 0.535. The lowest BCUT2D eigenvalue weighted by Gasteiger charge is -2.12. The molecule has 0 fully saturated rings. The molecule has 0 aliphatic rings. The fourth-order valence-corrected chi connectivity index (χ4v) is 2.95. The average Bonchev–Trinajstić information content (AvgIpc) is 2.76. The van der Waals surface area contributed by atoms with Crippen LogP contribution in [0.5, 0.6) is 11.5 Å². The molecule has 0 aliphatic carbocycles. The summed E-state index contributed by atoms with van der Waals surface area (Å²) >= 11 is 5.57. The van der Waals surface area contributed by atoms with Gasteiger partial charge >= 0.3 is 18.2 Å². The van der Waals surface area contributed by atoms with Crippen molar-refractivity contribution in [3.05, 3.63) is 82.9 Å². The first-order chi connectivity index (χ1) is 15.7. The van der Waals surface area contributed by atoms with Gasteiger partial charge in [0.05, 0.1) is 22.8 Å². The van der Waals surface area contributed by atoms with Crippen molar-refractivity contribution in [2.24, 2.45) is 0 Å². The van der Waals surface area contributed by atoms with Gasteiger partial charge in [-0.1, -0.05) is 11.6 Å². The Morgan fingerprint density at radius 1 is 0.879 bits per heavy atom. The zero-order valence-corrected chi connectivity index (χ0v) is 18.0. The molecule has 0 saturated carbocycles. The minimum atomic E-state index is -4.64. The second-order valence-electron chi connectivity index (χ2n) is 6.64. The maximum absolute atomic E-state index is 12.9. The van der Waals surface area contributed by atoms with Crippen LogP contribution in [0.15, 0.2) is 66.7 Å². The molecular weight excluding hydrogens is 461 g/mol. The van der Waals surface area contributed by atoms with E-state index >= 15 is 0 Å². The van der Waals surface area contributed by atoms with Gasteiger partial charge in [-0.3, -0.25) is 0 Å². The second-order valence-corrected chi connectivity index (χ2v) is 7.05. The Hall–Kier alpha value is -3.72. The molecule has 172 valence electrons. The van der Waals surface area contributed by atoms with Gasteiger partial charge in [-0.25, -0.2) is 9.59 Å². The smallest absolute Gasteiger partial charge is 0.417 e. The number of ether oxygens (including phenoxy) is 2. The molecule has 10 heteroatoms. The molecule has 0 unspecified atom stereocenters. The van der Waals surface area contributed by atoms with E-state index < -0.39 is 28.8 Å². The van der Waals surface area contributed by atoms with Crippen molar-refractivity contribution >= 4 is 35.0 Å². The van der Waals surface area contributed by atoms with E-state index in [1.807, 2.05) is 0 Å². The summed E-state index contributed by atoms with van der Waals surface area (Å²) in [5.41, 5.74) is -0.311. The molecule has 0 aliphatic heterocycles. The van der Waals surface area contributed by atoms with Crippen molar-refractivity contribution in [2.45, 2.75) is 13.1 Å². The summed E-state index contributed by atoms with van der Waals surface area (Å²) in [6.45, 7) is 2.00. The van der Waals surface area contributed by atoms with Gasteiger partial charge in [0.25, 0.3) is 0 Å². The van der Waals surface area contributed by atoms with Gasteiger partial charge in [0, 0.05) is 11.4 Å². The maximum atomic E-state index is 12.9. The normalized spacial score (nSPS) is 10.9. The Kier molecular flexibility index (Phi) is 7.44. The van der Waals surface area contributed by atoms with E-state index in [0.717, 1.165) is 12.1 Å². The van der Waals surface area contributed by atoms with Gasteiger partial charge in [0.2, 0.25) is 0 Å². The minimum Gasteiger partial charge on any atom is -0.462 e. The minimum absolute atomic E-state index is 0.0598. The van der Waals surface area contributed by atoms with Crippen molar-refractivity contribution in [3.8, 4) is 11.5 Å². The molecular formula is C23H18ClF3N2O4. The van der Waals surface area contributed by atoms with Crippen molar-refractivity contribution in [1.29, 1.82) is 0 Å². The zero-order chi connectivity index (χ0) is 24.0. The topological polar surface area (TPSA) is 76.7 Å². The van der Waals surface area contributed by atoms with Crippen LogP contribution >= 0.6 is 11.6 Å². The highest BCUT2D eigenvalue weighted by molar-refractivity contribution is 6.31. The lowest BCUT2D eigenvalue weighted by Crippen LogP contribution is -2.19. The molecule has 0 saturated heterocycles. The Labute approximate surface area is 192 Å². The van der Waals surface area contributed by atoms with E-state index in [2.05, 4.69) is 10.6 Å². The highest BCUT2D eigenvalue weighted by Gasteiger charge is 2.33. The molecule has 6 nitrogen and oxygen atoms in total. The highest BCUT2D eigenvalue weighted by Crippen LogP contribution is 2.36. The number of carbonyl (C=O) groups excluding carboxylic acids is 2. The van der Waals surface area contributed by atoms with E-state index in [4.69, 9.17) is 21.1 Å². The number of benzene rings is 3. The third-order valence-corrected chi connectivity index (χ3v) is 4.57. The van der Waals surface area contributed by atoms with Crippen LogP contribution in [0, 0.1) is 0 Å². The van der Waals surface area contributed by atoms with Crippen LogP contribution in [-0.4, -0.2) is 18.6 Å². The molecule has 2 amide bonds. The number of rotatable bonds is 6. The number of urea groups is 1. The van der Waals surface area contributed by atoms with Gasteiger partial charge in [-0.05, 0) is 73.7 Å². The summed E-state index contributed by atoms with van der Waals surface area (Å²) in [6.07, 6.45) is -4.64. The van der Waals surface area contributed by atoms with Crippen LogP contribution in [0.4, 0.5) is 29.3 Å². The molecule has 0 heterocycles. The molecule has 3 rings (SSSR count). The summed E-state index contributed by atoms with van der Waals surface area (Å²) in [5, 5.41) is 4.39. The fraction of sp³-hybridized carbons (Fsp3) is 0.130. The number of hydrogen-bond donors (Lipinski definition) is 2. The van der Waals surface area contributed by atoms with Crippen LogP contribution in [0.1, 0.15) is 22.8 Å². The molecule has 2 N–H and O–H groups in total. The first-order valence-electron chi connectivity index (χ1n) is 9.65. The predicted molar refractivity (Wildman–Crippen MR) is 118 cm³/mol. The van der Waals surface area contributed by atoms with Crippen LogP contribution in [-0.2, 0) is 10.9 Å². The first-order valence-corrected chi connectivity index (χ1v) is 10.0. The summed E-state index contributed by atoms with van der Waals surface area (Å²) in [7, 11) is 0. The highest BCUT2D eigenvalue weighted by atomic mass is 35.5. The molecule has 0 aromatic heterocycles. The number of nitrogens with one attached hydrogen (secondary N) is 2. The van der Waals surface area contributed by atoms with Crippen LogP contribution < -0.4 is 15.4 Å². The molecule has 0 spiro atoms. The number of anilines is 2. The molecule has 0 atom stereocenters.